The second-order valence-electron chi connectivity index (χ2n) is 8.27. The maximum Gasteiger partial charge on any atom is 0.264 e. The molecule has 3 atom stereocenters. The van der Waals surface area contributed by atoms with Gasteiger partial charge in [0.05, 0.1) is 12.3 Å². The molecule has 1 amide bonds. The van der Waals surface area contributed by atoms with E-state index in [9.17, 15) is 18.3 Å². The van der Waals surface area contributed by atoms with Crippen LogP contribution in [0.2, 0.25) is 0 Å². The number of rotatable bonds is 7. The molecule has 180 valence electrons. The molecule has 9 nitrogen and oxygen atoms in total. The number of nitrogens with one attached hydrogen (secondary N) is 1. The fourth-order valence-corrected chi connectivity index (χ4v) is 4.33. The normalized spacial score (nSPS) is 18.0. The highest BCUT2D eigenvalue weighted by atomic mass is 32.2. The van der Waals surface area contributed by atoms with Gasteiger partial charge in [-0.05, 0) is 42.3 Å². The molecule has 0 bridgehead atoms. The van der Waals surface area contributed by atoms with Crippen LogP contribution < -0.4 is 5.48 Å². The molecule has 0 saturated carbocycles. The lowest BCUT2D eigenvalue weighted by Crippen LogP contribution is -2.51. The predicted octanol–water partition coefficient (Wildman–Crippen LogP) is 1.30. The Balaban J connectivity index is 1.65. The summed E-state index contributed by atoms with van der Waals surface area (Å²) in [5.41, 5.74) is 4.96. The first kappa shape index (κ1) is 25.4. The minimum Gasteiger partial charge on any atom is -0.393 e. The topological polar surface area (TPSA) is 146 Å². The molecule has 0 aliphatic carbocycles. The Morgan fingerprint density at radius 3 is 2.24 bits per heavy atom. The summed E-state index contributed by atoms with van der Waals surface area (Å²) >= 11 is 0. The summed E-state index contributed by atoms with van der Waals surface area (Å²) in [5.74, 6) is 5.06. The molecule has 0 aromatic heterocycles. The molecule has 1 aliphatic heterocycles. The van der Waals surface area contributed by atoms with Gasteiger partial charge in [0.25, 0.3) is 5.91 Å². The van der Waals surface area contributed by atoms with Crippen molar-refractivity contribution in [3.8, 4) is 11.8 Å². The number of amides is 1. The first-order valence-electron chi connectivity index (χ1n) is 10.5. The van der Waals surface area contributed by atoms with Gasteiger partial charge in [-0.15, -0.1) is 0 Å². The maximum atomic E-state index is 12.2. The largest absolute Gasteiger partial charge is 0.393 e. The van der Waals surface area contributed by atoms with Crippen LogP contribution in [0, 0.1) is 11.8 Å². The van der Waals surface area contributed by atoms with E-state index < -0.39 is 32.7 Å². The molecule has 0 fully saturated rings. The molecule has 1 aliphatic rings. The molecule has 0 spiro atoms. The van der Waals surface area contributed by atoms with Crippen LogP contribution in [0.1, 0.15) is 48.1 Å². The van der Waals surface area contributed by atoms with Crippen LogP contribution in [0.5, 0.6) is 0 Å². The Labute approximate surface area is 197 Å². The second-order valence-corrected chi connectivity index (χ2v) is 10.7. The van der Waals surface area contributed by atoms with Crippen LogP contribution in [0.3, 0.4) is 0 Å². The van der Waals surface area contributed by atoms with Gasteiger partial charge >= 0.3 is 0 Å². The molecule has 2 aromatic carbocycles. The third-order valence-corrected chi connectivity index (χ3v) is 7.78. The predicted molar refractivity (Wildman–Crippen MR) is 125 cm³/mol. The zero-order chi connectivity index (χ0) is 24.9. The highest BCUT2D eigenvalue weighted by Crippen LogP contribution is 2.29. The molecule has 2 aromatic rings. The van der Waals surface area contributed by atoms with Gasteiger partial charge in [0.2, 0.25) is 0 Å². The Bertz CT molecular complexity index is 1230. The van der Waals surface area contributed by atoms with Crippen LogP contribution in [-0.2, 0) is 19.5 Å². The van der Waals surface area contributed by atoms with Crippen molar-refractivity contribution < 1.29 is 33.5 Å². The molecule has 3 rings (SSSR count). The number of hydrogen-bond acceptors (Lipinski definition) is 8. The summed E-state index contributed by atoms with van der Waals surface area (Å²) in [4.78, 5) is 17.4. The Kier molecular flexibility index (Phi) is 7.74. The van der Waals surface area contributed by atoms with Crippen LogP contribution in [0.15, 0.2) is 53.7 Å². The third-order valence-electron chi connectivity index (χ3n) is 5.79. The van der Waals surface area contributed by atoms with E-state index in [-0.39, 0.29) is 13.0 Å². The molecule has 4 N–H and O–H groups in total. The van der Waals surface area contributed by atoms with Crippen molar-refractivity contribution in [2.24, 2.45) is 5.16 Å². The lowest BCUT2D eigenvalue weighted by molar-refractivity contribution is -0.132. The van der Waals surface area contributed by atoms with Crippen LogP contribution in [0.4, 0.5) is 0 Å². The van der Waals surface area contributed by atoms with Gasteiger partial charge in [-0.3, -0.25) is 10.0 Å². The van der Waals surface area contributed by atoms with Gasteiger partial charge in [0, 0.05) is 30.2 Å². The van der Waals surface area contributed by atoms with Crippen molar-refractivity contribution >= 4 is 21.5 Å². The number of carbonyl (C=O) groups is 1. The summed E-state index contributed by atoms with van der Waals surface area (Å²) in [7, 11) is -3.83. The fourth-order valence-electron chi connectivity index (χ4n) is 3.46. The molecular formula is C24H26N2O7S. The molecule has 1 heterocycles. The highest BCUT2D eigenvalue weighted by molar-refractivity contribution is 7.92. The van der Waals surface area contributed by atoms with E-state index in [0.717, 1.165) is 22.9 Å². The average molecular weight is 487 g/mol. The Hall–Kier alpha value is -3.23. The maximum absolute atomic E-state index is 12.2. The van der Waals surface area contributed by atoms with E-state index >= 15 is 0 Å². The fraction of sp³-hybridized carbons (Fsp3) is 0.333. The van der Waals surface area contributed by atoms with Gasteiger partial charge in [-0.25, -0.2) is 13.9 Å². The Morgan fingerprint density at radius 2 is 1.74 bits per heavy atom. The summed E-state index contributed by atoms with van der Waals surface area (Å²) in [6.45, 7) is 0.897. The first-order valence-corrected chi connectivity index (χ1v) is 12.3. The van der Waals surface area contributed by atoms with E-state index in [1.54, 1.807) is 24.3 Å². The quantitative estimate of drug-likeness (QED) is 0.262. The summed E-state index contributed by atoms with van der Waals surface area (Å²) in [6, 6.07) is 14.2. The molecule has 0 saturated heterocycles. The van der Waals surface area contributed by atoms with Crippen molar-refractivity contribution in [3.05, 3.63) is 70.8 Å². The SMILES string of the molecule is C[C@@](C[C@H]1CC(c2ccc(C#Cc3ccc([C@@H](O)CO)cc3)cc2)=NO1)(C(=O)NO)S(C)(=O)=O. The average Bonchev–Trinajstić information content (AvgIpc) is 3.29. The van der Waals surface area contributed by atoms with Crippen molar-refractivity contribution in [2.45, 2.75) is 36.7 Å². The van der Waals surface area contributed by atoms with Crippen molar-refractivity contribution in [1.29, 1.82) is 0 Å². The zero-order valence-corrected chi connectivity index (χ0v) is 19.5. The zero-order valence-electron chi connectivity index (χ0n) is 18.7. The first-order chi connectivity index (χ1) is 16.1. The van der Waals surface area contributed by atoms with E-state index in [0.29, 0.717) is 17.7 Å². The number of hydroxylamine groups is 1. The van der Waals surface area contributed by atoms with E-state index in [2.05, 4.69) is 17.0 Å². The smallest absolute Gasteiger partial charge is 0.264 e. The van der Waals surface area contributed by atoms with Gasteiger partial charge in [-0.2, -0.15) is 0 Å². The van der Waals surface area contributed by atoms with Gasteiger partial charge < -0.3 is 15.1 Å². The van der Waals surface area contributed by atoms with E-state index in [1.807, 2.05) is 24.3 Å². The minimum absolute atomic E-state index is 0.164. The molecule has 0 radical (unpaired) electrons. The number of sulfone groups is 1. The van der Waals surface area contributed by atoms with Gasteiger partial charge in [0.15, 0.2) is 14.6 Å². The number of hydrogen-bond donors (Lipinski definition) is 4. The number of aliphatic hydroxyl groups excluding tert-OH is 2. The van der Waals surface area contributed by atoms with Gasteiger partial charge in [-0.1, -0.05) is 41.3 Å². The summed E-state index contributed by atoms with van der Waals surface area (Å²) in [6.07, 6.45) is -0.475. The third kappa shape index (κ3) is 5.63. The number of aliphatic hydroxyl groups is 2. The van der Waals surface area contributed by atoms with Crippen LogP contribution in [-0.4, -0.2) is 59.2 Å². The molecule has 10 heteroatoms. The number of carbonyl (C=O) groups excluding carboxylic acids is 1. The minimum atomic E-state index is -3.83. The van der Waals surface area contributed by atoms with E-state index in [4.69, 9.17) is 15.2 Å². The van der Waals surface area contributed by atoms with Crippen molar-refractivity contribution in [1.82, 2.24) is 5.48 Å². The number of oxime groups is 1. The lowest BCUT2D eigenvalue weighted by Gasteiger charge is -2.26. The van der Waals surface area contributed by atoms with Crippen molar-refractivity contribution in [2.75, 3.05) is 12.9 Å². The second kappa shape index (κ2) is 10.4. The molecular weight excluding hydrogens is 460 g/mol. The highest BCUT2D eigenvalue weighted by Gasteiger charge is 2.47. The summed E-state index contributed by atoms with van der Waals surface area (Å²) in [5, 5.41) is 31.6. The lowest BCUT2D eigenvalue weighted by atomic mass is 9.96. The standard InChI is InChI=1S/C24H26N2O7S/c1-24(23(29)25-30,34(2,31)32)14-20-13-21(26-33-20)18-9-5-16(6-10-18)3-4-17-7-11-19(12-8-17)22(28)15-27/h5-12,20,22,27-28,30H,13-15H2,1-2H3,(H,25,29)/t20-,22+,24-/m1/s1. The van der Waals surface area contributed by atoms with Gasteiger partial charge in [0.1, 0.15) is 12.2 Å². The van der Waals surface area contributed by atoms with E-state index in [1.165, 1.54) is 12.4 Å². The Morgan fingerprint density at radius 1 is 1.18 bits per heavy atom. The molecule has 34 heavy (non-hydrogen) atoms. The number of benzene rings is 2. The summed E-state index contributed by atoms with van der Waals surface area (Å²) < 4.78 is 22.5. The van der Waals surface area contributed by atoms with Crippen LogP contribution >= 0.6 is 0 Å². The van der Waals surface area contributed by atoms with Crippen LogP contribution in [0.25, 0.3) is 0 Å². The monoisotopic (exact) mass is 486 g/mol. The number of nitrogens with zero attached hydrogens (tertiary/aromatic N) is 1. The molecule has 0 unspecified atom stereocenters. The van der Waals surface area contributed by atoms with Crippen molar-refractivity contribution in [3.63, 3.8) is 0 Å².